The Hall–Kier alpha value is -5.62. The third-order valence-corrected chi connectivity index (χ3v) is 10.6. The Balaban J connectivity index is 0.973. The summed E-state index contributed by atoms with van der Waals surface area (Å²) in [4.78, 5) is 61.7. The van der Waals surface area contributed by atoms with Crippen LogP contribution in [0.15, 0.2) is 53.5 Å². The van der Waals surface area contributed by atoms with Gasteiger partial charge in [-0.25, -0.2) is 18.2 Å². The molecule has 3 amide bonds. The third kappa shape index (κ3) is 8.16. The van der Waals surface area contributed by atoms with Gasteiger partial charge in [-0.15, -0.1) is 0 Å². The fourth-order valence-electron chi connectivity index (χ4n) is 7.29. The third-order valence-electron chi connectivity index (χ3n) is 10.3. The smallest absolute Gasteiger partial charge is 0.293 e. The van der Waals surface area contributed by atoms with E-state index in [9.17, 15) is 19.2 Å². The molecule has 296 valence electrons. The number of imide groups is 1. The zero-order chi connectivity index (χ0) is 39.7. The quantitative estimate of drug-likeness (QED) is 0.174. The largest absolute Gasteiger partial charge is 0.478 e. The molecule has 5 heterocycles. The summed E-state index contributed by atoms with van der Waals surface area (Å²) >= 11 is 6.44. The van der Waals surface area contributed by atoms with Gasteiger partial charge >= 0.3 is 0 Å². The van der Waals surface area contributed by atoms with Crippen molar-refractivity contribution in [1.29, 1.82) is 0 Å². The zero-order valence-corrected chi connectivity index (χ0v) is 31.3. The molecule has 4 N–H and O–H groups in total. The molecule has 7 rings (SSSR count). The van der Waals surface area contributed by atoms with Gasteiger partial charge in [0.15, 0.2) is 18.2 Å². The molecule has 3 aliphatic rings. The summed E-state index contributed by atoms with van der Waals surface area (Å²) in [5, 5.41) is 11.6. The molecule has 3 aliphatic heterocycles. The van der Waals surface area contributed by atoms with Gasteiger partial charge in [0.25, 0.3) is 17.4 Å². The van der Waals surface area contributed by atoms with Crippen molar-refractivity contribution >= 4 is 69.1 Å². The lowest BCUT2D eigenvalue weighted by atomic mass is 9.98. The van der Waals surface area contributed by atoms with Crippen LogP contribution in [0.1, 0.15) is 19.3 Å². The Labute approximate surface area is 324 Å². The number of ether oxygens (including phenoxy) is 1. The number of halogens is 4. The lowest BCUT2D eigenvalue weighted by Crippen LogP contribution is -2.62. The number of piperidine rings is 2. The van der Waals surface area contributed by atoms with Crippen molar-refractivity contribution in [2.24, 2.45) is 7.05 Å². The highest BCUT2D eigenvalue weighted by molar-refractivity contribution is 6.33. The second-order valence-electron chi connectivity index (χ2n) is 13.9. The van der Waals surface area contributed by atoms with E-state index in [-0.39, 0.29) is 54.4 Å². The monoisotopic (exact) mass is 796 g/mol. The van der Waals surface area contributed by atoms with E-state index in [1.807, 2.05) is 4.90 Å². The molecule has 2 aromatic heterocycles. The Morgan fingerprint density at radius 3 is 2.50 bits per heavy atom. The molecule has 2 aromatic carbocycles. The van der Waals surface area contributed by atoms with E-state index < -0.39 is 47.7 Å². The number of amides is 3. The Morgan fingerprint density at radius 2 is 1.79 bits per heavy atom. The number of rotatable bonds is 10. The molecule has 0 unspecified atom stereocenters. The number of piperazine rings is 1. The Morgan fingerprint density at radius 1 is 1.02 bits per heavy atom. The first-order valence-electron chi connectivity index (χ1n) is 18.1. The number of hydrogen-bond donors (Lipinski definition) is 4. The van der Waals surface area contributed by atoms with Gasteiger partial charge in [-0.05, 0) is 55.3 Å². The van der Waals surface area contributed by atoms with Gasteiger partial charge in [0.2, 0.25) is 17.8 Å². The van der Waals surface area contributed by atoms with Crippen LogP contribution in [0.3, 0.4) is 0 Å². The predicted octanol–water partition coefficient (Wildman–Crippen LogP) is 3.24. The average molecular weight is 797 g/mol. The van der Waals surface area contributed by atoms with E-state index in [0.29, 0.717) is 60.6 Å². The van der Waals surface area contributed by atoms with Crippen molar-refractivity contribution in [3.05, 3.63) is 69.9 Å². The molecule has 0 bridgehead atoms. The van der Waals surface area contributed by atoms with Gasteiger partial charge < -0.3 is 35.1 Å². The summed E-state index contributed by atoms with van der Waals surface area (Å²) in [7, 11) is 3.05. The van der Waals surface area contributed by atoms with Crippen LogP contribution in [-0.4, -0.2) is 108 Å². The SMILES string of the molecule is CNC(=O)COc1cc2cc(Nc3nc(N4CC[C@H](N5CCN(c6ccc(N[C@@H]7CCC(=O)NC7=O)cc6F)CC5)C(F)(F)C4)ncc3Cl)ccc2n(C)c1=O. The van der Waals surface area contributed by atoms with E-state index in [2.05, 4.69) is 31.2 Å². The van der Waals surface area contributed by atoms with Gasteiger partial charge in [0, 0.05) is 70.0 Å². The molecule has 0 radical (unpaired) electrons. The summed E-state index contributed by atoms with van der Waals surface area (Å²) in [5.74, 6) is -4.52. The number of pyridine rings is 1. The number of anilines is 5. The molecular weight excluding hydrogens is 757 g/mol. The number of aromatic nitrogens is 3. The van der Waals surface area contributed by atoms with Crippen molar-refractivity contribution in [2.45, 2.75) is 37.3 Å². The van der Waals surface area contributed by atoms with Crippen LogP contribution in [0.5, 0.6) is 5.75 Å². The lowest BCUT2D eigenvalue weighted by molar-refractivity contribution is -0.133. The zero-order valence-electron chi connectivity index (χ0n) is 30.6. The molecule has 19 heteroatoms. The normalized spacial score (nSPS) is 20.1. The topological polar surface area (TPSA) is 166 Å². The number of hydrogen-bond acceptors (Lipinski definition) is 12. The van der Waals surface area contributed by atoms with Crippen LogP contribution < -0.4 is 41.4 Å². The van der Waals surface area contributed by atoms with Crippen LogP contribution in [-0.2, 0) is 21.4 Å². The number of nitrogens with zero attached hydrogens (tertiary/aromatic N) is 6. The highest BCUT2D eigenvalue weighted by Gasteiger charge is 2.48. The first-order valence-corrected chi connectivity index (χ1v) is 18.5. The number of aryl methyl sites for hydroxylation is 1. The van der Waals surface area contributed by atoms with E-state index in [4.69, 9.17) is 16.3 Å². The van der Waals surface area contributed by atoms with Crippen LogP contribution in [0.2, 0.25) is 5.02 Å². The highest BCUT2D eigenvalue weighted by atomic mass is 35.5. The van der Waals surface area contributed by atoms with Gasteiger partial charge in [-0.1, -0.05) is 11.6 Å². The number of fused-ring (bicyclic) bond motifs is 1. The molecule has 4 aromatic rings. The predicted molar refractivity (Wildman–Crippen MR) is 205 cm³/mol. The van der Waals surface area contributed by atoms with Gasteiger partial charge in [-0.3, -0.25) is 29.4 Å². The number of likely N-dealkylation sites (N-methyl/N-ethyl adjacent to an activating group) is 1. The fraction of sp³-hybridized carbons (Fsp3) is 0.405. The fourth-order valence-corrected chi connectivity index (χ4v) is 7.43. The van der Waals surface area contributed by atoms with Crippen LogP contribution >= 0.6 is 11.6 Å². The minimum Gasteiger partial charge on any atom is -0.478 e. The summed E-state index contributed by atoms with van der Waals surface area (Å²) in [5.41, 5.74) is 1.49. The molecule has 3 fully saturated rings. The minimum atomic E-state index is -3.11. The maximum atomic E-state index is 15.9. The molecule has 3 saturated heterocycles. The second kappa shape index (κ2) is 15.9. The first kappa shape index (κ1) is 38.6. The molecule has 0 aliphatic carbocycles. The molecular formula is C37H40ClF3N10O5. The molecule has 2 atom stereocenters. The van der Waals surface area contributed by atoms with Crippen LogP contribution in [0.25, 0.3) is 10.9 Å². The standard InChI is InChI=1S/C37H40ClF3N10O5/c1-42-32(53)19-56-29-16-21-15-22(3-6-27(21)48(2)35(29)55)45-33-24(38)18-43-36(47-33)51-10-9-30(37(40,41)20-51)50-13-11-49(12-14-50)28-7-4-23(17-25(28)39)44-26-5-8-31(52)46-34(26)54/h3-4,6-7,15-18,26,30,44H,5,8-14,19-20H2,1-2H3,(H,42,53)(H,43,45,47)(H,46,52,54)/t26-,30+/m1/s1. The Kier molecular flexibility index (Phi) is 10.9. The van der Waals surface area contributed by atoms with E-state index in [1.54, 1.807) is 42.3 Å². The molecule has 0 saturated carbocycles. The van der Waals surface area contributed by atoms with E-state index in [1.165, 1.54) is 34.8 Å². The van der Waals surface area contributed by atoms with E-state index >= 15 is 13.2 Å². The van der Waals surface area contributed by atoms with Gasteiger partial charge in [0.1, 0.15) is 16.9 Å². The van der Waals surface area contributed by atoms with Gasteiger partial charge in [-0.2, -0.15) is 4.98 Å². The van der Waals surface area contributed by atoms with Crippen LogP contribution in [0, 0.1) is 5.82 Å². The molecule has 0 spiro atoms. The number of carbonyl (C=O) groups excluding carboxylic acids is 3. The second-order valence-corrected chi connectivity index (χ2v) is 14.3. The maximum absolute atomic E-state index is 15.9. The first-order chi connectivity index (χ1) is 26.8. The molecule has 15 nitrogen and oxygen atoms in total. The summed E-state index contributed by atoms with van der Waals surface area (Å²) < 4.78 is 53.9. The summed E-state index contributed by atoms with van der Waals surface area (Å²) in [6.45, 7) is 0.634. The van der Waals surface area contributed by atoms with E-state index in [0.717, 1.165) is 0 Å². The van der Waals surface area contributed by atoms with Crippen molar-refractivity contribution in [1.82, 2.24) is 30.1 Å². The lowest BCUT2D eigenvalue weighted by Gasteiger charge is -2.46. The number of alkyl halides is 2. The maximum Gasteiger partial charge on any atom is 0.293 e. The number of carbonyl (C=O) groups is 3. The average Bonchev–Trinajstić information content (AvgIpc) is 3.17. The van der Waals surface area contributed by atoms with Crippen LogP contribution in [0.4, 0.5) is 42.0 Å². The van der Waals surface area contributed by atoms with Crippen molar-refractivity contribution in [3.8, 4) is 5.75 Å². The summed E-state index contributed by atoms with van der Waals surface area (Å²) in [6.07, 6.45) is 2.00. The highest BCUT2D eigenvalue weighted by Crippen LogP contribution is 2.35. The minimum absolute atomic E-state index is 0.00362. The van der Waals surface area contributed by atoms with Crippen molar-refractivity contribution < 1.29 is 32.3 Å². The number of benzene rings is 2. The van der Waals surface area contributed by atoms with Gasteiger partial charge in [0.05, 0.1) is 30.0 Å². The summed E-state index contributed by atoms with van der Waals surface area (Å²) in [6, 6.07) is 9.60. The van der Waals surface area contributed by atoms with Crippen molar-refractivity contribution in [3.63, 3.8) is 0 Å². The molecule has 56 heavy (non-hydrogen) atoms. The Bertz CT molecular complexity index is 2240. The van der Waals surface area contributed by atoms with Crippen molar-refractivity contribution in [2.75, 3.05) is 73.4 Å². The number of nitrogens with one attached hydrogen (secondary N) is 4.